The predicted octanol–water partition coefficient (Wildman–Crippen LogP) is 3.16. The van der Waals surface area contributed by atoms with Crippen LogP contribution in [0.2, 0.25) is 0 Å². The second kappa shape index (κ2) is 5.22. The number of aryl methyl sites for hydroxylation is 1. The number of pyridine rings is 1. The first kappa shape index (κ1) is 11.9. The Balaban J connectivity index is 1.87. The van der Waals surface area contributed by atoms with Gasteiger partial charge in [-0.15, -0.1) is 0 Å². The van der Waals surface area contributed by atoms with E-state index in [1.807, 2.05) is 36.4 Å². The molecule has 1 aromatic carbocycles. The van der Waals surface area contributed by atoms with Crippen molar-refractivity contribution in [2.45, 2.75) is 19.4 Å². The first-order valence-corrected chi connectivity index (χ1v) is 6.58. The van der Waals surface area contributed by atoms with Crippen molar-refractivity contribution in [1.82, 2.24) is 4.98 Å². The van der Waals surface area contributed by atoms with Crippen molar-refractivity contribution in [1.29, 1.82) is 0 Å². The molecule has 19 heavy (non-hydrogen) atoms. The summed E-state index contributed by atoms with van der Waals surface area (Å²) >= 11 is 0. The maximum absolute atomic E-state index is 5.69. The average Bonchev–Trinajstić information content (AvgIpc) is 2.98. The van der Waals surface area contributed by atoms with E-state index in [-0.39, 0.29) is 6.04 Å². The smallest absolute Gasteiger partial charge is 0.236 e. The molecule has 3 nitrogen and oxygen atoms in total. The van der Waals surface area contributed by atoms with Crippen LogP contribution in [-0.2, 0) is 11.2 Å². The van der Waals surface area contributed by atoms with Crippen LogP contribution in [-0.4, -0.2) is 17.5 Å². The van der Waals surface area contributed by atoms with E-state index in [0.29, 0.717) is 12.5 Å². The molecular formula is C16H16N2O. The summed E-state index contributed by atoms with van der Waals surface area (Å²) in [5.41, 5.74) is 3.08. The maximum atomic E-state index is 5.69. The number of hydrogen-bond acceptors (Lipinski definition) is 3. The minimum atomic E-state index is 0.0864. The zero-order valence-corrected chi connectivity index (χ0v) is 10.9. The van der Waals surface area contributed by atoms with Crippen LogP contribution in [0.25, 0.3) is 0 Å². The van der Waals surface area contributed by atoms with Crippen LogP contribution < -0.4 is 0 Å². The monoisotopic (exact) mass is 252 g/mol. The van der Waals surface area contributed by atoms with Crippen LogP contribution in [0.3, 0.4) is 0 Å². The minimum absolute atomic E-state index is 0.0864. The van der Waals surface area contributed by atoms with Crippen LogP contribution in [0.4, 0.5) is 0 Å². The Morgan fingerprint density at radius 1 is 1.11 bits per heavy atom. The molecule has 0 unspecified atom stereocenters. The van der Waals surface area contributed by atoms with Gasteiger partial charge in [-0.2, -0.15) is 0 Å². The Hall–Kier alpha value is -2.16. The highest BCUT2D eigenvalue weighted by Gasteiger charge is 2.22. The number of aliphatic imine (C=N–C) groups is 1. The van der Waals surface area contributed by atoms with E-state index in [9.17, 15) is 0 Å². The Morgan fingerprint density at radius 3 is 2.74 bits per heavy atom. The van der Waals surface area contributed by atoms with Crippen LogP contribution in [0.5, 0.6) is 0 Å². The maximum Gasteiger partial charge on any atom is 0.236 e. The molecule has 0 fully saturated rings. The third-order valence-electron chi connectivity index (χ3n) is 3.22. The molecule has 0 aliphatic carbocycles. The number of hydrogen-bond donors (Lipinski definition) is 0. The SMILES string of the molecule is CCc1cccc(C2=N[C@H](c3ccccc3)CO2)n1. The molecule has 3 heteroatoms. The van der Waals surface area contributed by atoms with Gasteiger partial charge in [-0.25, -0.2) is 9.98 Å². The molecule has 96 valence electrons. The van der Waals surface area contributed by atoms with Crippen molar-refractivity contribution in [3.05, 3.63) is 65.5 Å². The van der Waals surface area contributed by atoms with Crippen LogP contribution in [0.1, 0.15) is 29.9 Å². The van der Waals surface area contributed by atoms with Gasteiger partial charge in [0.2, 0.25) is 5.90 Å². The van der Waals surface area contributed by atoms with E-state index in [2.05, 4.69) is 29.0 Å². The molecular weight excluding hydrogens is 236 g/mol. The molecule has 3 rings (SSSR count). The van der Waals surface area contributed by atoms with Gasteiger partial charge in [0.15, 0.2) is 0 Å². The van der Waals surface area contributed by atoms with Crippen LogP contribution in [0.15, 0.2) is 53.5 Å². The van der Waals surface area contributed by atoms with Gasteiger partial charge < -0.3 is 4.74 Å². The van der Waals surface area contributed by atoms with E-state index in [1.54, 1.807) is 0 Å². The van der Waals surface area contributed by atoms with Crippen molar-refractivity contribution in [2.75, 3.05) is 6.61 Å². The standard InChI is InChI=1S/C16H16N2O/c1-2-13-9-6-10-14(17-13)16-18-15(11-19-16)12-7-4-3-5-8-12/h3-10,15H,2,11H2,1H3/t15-/m0/s1. The van der Waals surface area contributed by atoms with Crippen molar-refractivity contribution >= 4 is 5.90 Å². The summed E-state index contributed by atoms with van der Waals surface area (Å²) in [6, 6.07) is 16.3. The first-order valence-electron chi connectivity index (χ1n) is 6.58. The molecule has 0 spiro atoms. The number of benzene rings is 1. The zero-order valence-electron chi connectivity index (χ0n) is 10.9. The van der Waals surface area contributed by atoms with Gasteiger partial charge in [-0.05, 0) is 24.1 Å². The van der Waals surface area contributed by atoms with Gasteiger partial charge in [0.25, 0.3) is 0 Å². The molecule has 1 atom stereocenters. The van der Waals surface area contributed by atoms with Gasteiger partial charge >= 0.3 is 0 Å². The van der Waals surface area contributed by atoms with Crippen LogP contribution >= 0.6 is 0 Å². The van der Waals surface area contributed by atoms with E-state index < -0.39 is 0 Å². The first-order chi connectivity index (χ1) is 9.36. The molecule has 1 aliphatic heterocycles. The summed E-state index contributed by atoms with van der Waals surface area (Å²) in [6.45, 7) is 2.69. The van der Waals surface area contributed by atoms with E-state index in [1.165, 1.54) is 5.56 Å². The molecule has 1 aromatic heterocycles. The van der Waals surface area contributed by atoms with Gasteiger partial charge in [0.05, 0.1) is 0 Å². The summed E-state index contributed by atoms with van der Waals surface area (Å²) in [5, 5.41) is 0. The second-order valence-electron chi connectivity index (χ2n) is 4.54. The molecule has 0 bridgehead atoms. The Morgan fingerprint density at radius 2 is 1.95 bits per heavy atom. The fourth-order valence-corrected chi connectivity index (χ4v) is 2.16. The van der Waals surface area contributed by atoms with Gasteiger partial charge in [0, 0.05) is 5.69 Å². The largest absolute Gasteiger partial charge is 0.474 e. The number of rotatable bonds is 3. The lowest BCUT2D eigenvalue weighted by molar-refractivity contribution is 0.319. The second-order valence-corrected chi connectivity index (χ2v) is 4.54. The van der Waals surface area contributed by atoms with Crippen molar-refractivity contribution in [3.63, 3.8) is 0 Å². The van der Waals surface area contributed by atoms with E-state index in [4.69, 9.17) is 4.74 Å². The van der Waals surface area contributed by atoms with Gasteiger partial charge in [0.1, 0.15) is 18.3 Å². The lowest BCUT2D eigenvalue weighted by atomic mass is 10.1. The van der Waals surface area contributed by atoms with Crippen LogP contribution in [0, 0.1) is 0 Å². The lowest BCUT2D eigenvalue weighted by Gasteiger charge is -2.03. The van der Waals surface area contributed by atoms with Gasteiger partial charge in [-0.3, -0.25) is 0 Å². The normalized spacial score (nSPS) is 17.9. The predicted molar refractivity (Wildman–Crippen MR) is 75.3 cm³/mol. The van der Waals surface area contributed by atoms with Crippen molar-refractivity contribution in [3.8, 4) is 0 Å². The summed E-state index contributed by atoms with van der Waals surface area (Å²) < 4.78 is 5.69. The van der Waals surface area contributed by atoms with E-state index in [0.717, 1.165) is 17.8 Å². The Bertz CT molecular complexity index is 593. The number of ether oxygens (including phenoxy) is 1. The highest BCUT2D eigenvalue weighted by molar-refractivity contribution is 5.93. The quantitative estimate of drug-likeness (QED) is 0.841. The fraction of sp³-hybridized carbons (Fsp3) is 0.250. The van der Waals surface area contributed by atoms with Crippen molar-refractivity contribution in [2.24, 2.45) is 4.99 Å². The molecule has 1 aliphatic rings. The molecule has 0 radical (unpaired) electrons. The van der Waals surface area contributed by atoms with Gasteiger partial charge in [-0.1, -0.05) is 43.3 Å². The molecule has 0 saturated heterocycles. The molecule has 0 saturated carbocycles. The fourth-order valence-electron chi connectivity index (χ4n) is 2.16. The topological polar surface area (TPSA) is 34.5 Å². The number of nitrogens with zero attached hydrogens (tertiary/aromatic N) is 2. The highest BCUT2D eigenvalue weighted by Crippen LogP contribution is 2.24. The van der Waals surface area contributed by atoms with Crippen molar-refractivity contribution < 1.29 is 4.74 Å². The minimum Gasteiger partial charge on any atom is -0.474 e. The average molecular weight is 252 g/mol. The lowest BCUT2D eigenvalue weighted by Crippen LogP contribution is -2.05. The molecule has 0 N–H and O–H groups in total. The number of aromatic nitrogens is 1. The Labute approximate surface area is 113 Å². The highest BCUT2D eigenvalue weighted by atomic mass is 16.5. The zero-order chi connectivity index (χ0) is 13.1. The summed E-state index contributed by atoms with van der Waals surface area (Å²) in [7, 11) is 0. The Kier molecular flexibility index (Phi) is 3.27. The summed E-state index contributed by atoms with van der Waals surface area (Å²) in [6.07, 6.45) is 0.920. The summed E-state index contributed by atoms with van der Waals surface area (Å²) in [5.74, 6) is 0.657. The molecule has 2 aromatic rings. The van der Waals surface area contributed by atoms with E-state index >= 15 is 0 Å². The third-order valence-corrected chi connectivity index (χ3v) is 3.22. The molecule has 2 heterocycles. The third kappa shape index (κ3) is 2.50. The summed E-state index contributed by atoms with van der Waals surface area (Å²) in [4.78, 5) is 9.18. The molecule has 0 amide bonds.